The monoisotopic (exact) mass is 383 g/mol. The lowest BCUT2D eigenvalue weighted by molar-refractivity contribution is -0.136. The first kappa shape index (κ1) is 20.1. The second kappa shape index (κ2) is 7.41. The van der Waals surface area contributed by atoms with Crippen LogP contribution in [0.5, 0.6) is 0 Å². The standard InChI is InChI=1S/C19H29NO7/c1-11(2)5-6-13-18(3,27-13)16-15(24-4)12(7-8-19(16)10-25-19)26-17(23)20-9-14(21)22/h5,12-13,15-16H,6-10H2,1-4H3,(H,20,23)(H,21,22)/t12-,13-,15-,16?,18?,19+/m1/s1. The number of alkyl carbamates (subject to hydrolysis) is 1. The van der Waals surface area contributed by atoms with Crippen LogP contribution < -0.4 is 5.32 Å². The fourth-order valence-electron chi connectivity index (χ4n) is 4.40. The van der Waals surface area contributed by atoms with E-state index in [-0.39, 0.29) is 23.7 Å². The maximum absolute atomic E-state index is 11.9. The van der Waals surface area contributed by atoms with Gasteiger partial charge in [-0.2, -0.15) is 0 Å². The van der Waals surface area contributed by atoms with E-state index in [0.29, 0.717) is 13.0 Å². The highest BCUT2D eigenvalue weighted by Crippen LogP contribution is 2.59. The topological polar surface area (TPSA) is 110 Å². The van der Waals surface area contributed by atoms with E-state index in [2.05, 4.69) is 32.2 Å². The molecular weight excluding hydrogens is 354 g/mol. The van der Waals surface area contributed by atoms with Crippen LogP contribution in [0.3, 0.4) is 0 Å². The van der Waals surface area contributed by atoms with E-state index in [4.69, 9.17) is 24.1 Å². The molecule has 8 heteroatoms. The van der Waals surface area contributed by atoms with Crippen molar-refractivity contribution in [3.8, 4) is 0 Å². The fourth-order valence-corrected chi connectivity index (χ4v) is 4.40. The van der Waals surface area contributed by atoms with E-state index >= 15 is 0 Å². The molecule has 0 bridgehead atoms. The Labute approximate surface area is 159 Å². The van der Waals surface area contributed by atoms with Gasteiger partial charge in [0.25, 0.3) is 0 Å². The van der Waals surface area contributed by atoms with E-state index in [1.807, 2.05) is 0 Å². The molecule has 6 atom stereocenters. The Balaban J connectivity index is 1.71. The molecule has 0 radical (unpaired) electrons. The Morgan fingerprint density at radius 3 is 2.63 bits per heavy atom. The summed E-state index contributed by atoms with van der Waals surface area (Å²) in [6.45, 7) is 6.37. The van der Waals surface area contributed by atoms with Crippen molar-refractivity contribution in [2.45, 2.75) is 69.5 Å². The molecule has 1 amide bonds. The zero-order valence-corrected chi connectivity index (χ0v) is 16.3. The molecule has 1 saturated carbocycles. The number of carbonyl (C=O) groups is 2. The van der Waals surface area contributed by atoms with Crippen LogP contribution in [0.2, 0.25) is 0 Å². The third-order valence-electron chi connectivity index (χ3n) is 5.88. The first-order chi connectivity index (χ1) is 12.7. The summed E-state index contributed by atoms with van der Waals surface area (Å²) in [5.41, 5.74) is 0.559. The van der Waals surface area contributed by atoms with Gasteiger partial charge in [0.1, 0.15) is 30.0 Å². The van der Waals surface area contributed by atoms with Crippen molar-refractivity contribution in [2.24, 2.45) is 5.92 Å². The van der Waals surface area contributed by atoms with Crippen LogP contribution in [-0.2, 0) is 23.7 Å². The highest BCUT2D eigenvalue weighted by molar-refractivity contribution is 5.76. The molecular formula is C19H29NO7. The molecule has 2 unspecified atom stereocenters. The summed E-state index contributed by atoms with van der Waals surface area (Å²) in [7, 11) is 1.60. The van der Waals surface area contributed by atoms with Crippen LogP contribution in [0, 0.1) is 5.92 Å². The minimum atomic E-state index is -1.12. The predicted octanol–water partition coefficient (Wildman–Crippen LogP) is 1.87. The van der Waals surface area contributed by atoms with E-state index in [1.54, 1.807) is 7.11 Å². The van der Waals surface area contributed by atoms with Crippen molar-refractivity contribution < 1.29 is 33.6 Å². The number of hydrogen-bond acceptors (Lipinski definition) is 6. The van der Waals surface area contributed by atoms with Gasteiger partial charge in [0.15, 0.2) is 0 Å². The van der Waals surface area contributed by atoms with E-state index in [1.165, 1.54) is 5.57 Å². The van der Waals surface area contributed by atoms with Crippen molar-refractivity contribution in [1.82, 2.24) is 5.32 Å². The summed E-state index contributed by atoms with van der Waals surface area (Å²) in [6, 6.07) is 0. The predicted molar refractivity (Wildman–Crippen MR) is 95.4 cm³/mol. The number of aliphatic carboxylic acids is 1. The minimum absolute atomic E-state index is 0.0587. The molecule has 2 N–H and O–H groups in total. The number of rotatable bonds is 7. The maximum Gasteiger partial charge on any atom is 0.408 e. The van der Waals surface area contributed by atoms with Gasteiger partial charge >= 0.3 is 12.1 Å². The van der Waals surface area contributed by atoms with Crippen molar-refractivity contribution in [3.63, 3.8) is 0 Å². The number of carbonyl (C=O) groups excluding carboxylic acids is 1. The van der Waals surface area contributed by atoms with E-state index in [0.717, 1.165) is 12.8 Å². The molecule has 1 aliphatic carbocycles. The Bertz CT molecular complexity index is 626. The van der Waals surface area contributed by atoms with Crippen LogP contribution >= 0.6 is 0 Å². The molecule has 1 spiro atoms. The van der Waals surface area contributed by atoms with Gasteiger partial charge < -0.3 is 29.4 Å². The quantitative estimate of drug-likeness (QED) is 0.510. The lowest BCUT2D eigenvalue weighted by Crippen LogP contribution is -2.56. The van der Waals surface area contributed by atoms with Crippen molar-refractivity contribution in [3.05, 3.63) is 11.6 Å². The molecule has 0 aromatic heterocycles. The fraction of sp³-hybridized carbons (Fsp3) is 0.789. The van der Waals surface area contributed by atoms with Gasteiger partial charge in [-0.15, -0.1) is 0 Å². The molecule has 0 aromatic carbocycles. The lowest BCUT2D eigenvalue weighted by atomic mass is 9.68. The van der Waals surface area contributed by atoms with Crippen LogP contribution in [-0.4, -0.2) is 66.9 Å². The summed E-state index contributed by atoms with van der Waals surface area (Å²) in [4.78, 5) is 22.6. The number of hydrogen-bond donors (Lipinski definition) is 2. The zero-order chi connectivity index (χ0) is 19.8. The SMILES string of the molecule is CO[C@H]1C(C2(C)O[C@@H]2CC=C(C)C)[C@]2(CC[C@H]1OC(=O)NCC(=O)O)CO2. The molecule has 152 valence electrons. The summed E-state index contributed by atoms with van der Waals surface area (Å²) in [5.74, 6) is -1.18. The minimum Gasteiger partial charge on any atom is -0.480 e. The zero-order valence-electron chi connectivity index (χ0n) is 16.3. The average Bonchev–Trinajstić information content (AvgIpc) is 3.50. The van der Waals surface area contributed by atoms with Crippen LogP contribution in [0.15, 0.2) is 11.6 Å². The summed E-state index contributed by atoms with van der Waals surface area (Å²) >= 11 is 0. The number of methoxy groups -OCH3 is 1. The second-order valence-corrected chi connectivity index (χ2v) is 8.07. The molecule has 2 saturated heterocycles. The Hall–Kier alpha value is -1.64. The molecule has 8 nitrogen and oxygen atoms in total. The molecule has 27 heavy (non-hydrogen) atoms. The summed E-state index contributed by atoms with van der Waals surface area (Å²) < 4.78 is 23.2. The van der Waals surface area contributed by atoms with Gasteiger partial charge in [0.2, 0.25) is 0 Å². The molecule has 0 aromatic rings. The maximum atomic E-state index is 11.9. The highest BCUT2D eigenvalue weighted by atomic mass is 16.6. The molecule has 2 heterocycles. The number of carboxylic acid groups (broad SMARTS) is 1. The van der Waals surface area contributed by atoms with Crippen molar-refractivity contribution in [2.75, 3.05) is 20.3 Å². The molecule has 3 fully saturated rings. The smallest absolute Gasteiger partial charge is 0.408 e. The lowest BCUT2D eigenvalue weighted by Gasteiger charge is -2.42. The molecule has 3 aliphatic rings. The number of ether oxygens (including phenoxy) is 4. The number of amides is 1. The number of allylic oxidation sites excluding steroid dienone is 1. The molecule has 3 rings (SSSR count). The number of carboxylic acids is 1. The third-order valence-corrected chi connectivity index (χ3v) is 5.88. The van der Waals surface area contributed by atoms with Gasteiger partial charge in [-0.05, 0) is 40.0 Å². The van der Waals surface area contributed by atoms with Gasteiger partial charge in [-0.3, -0.25) is 4.79 Å². The van der Waals surface area contributed by atoms with E-state index < -0.39 is 30.3 Å². The summed E-state index contributed by atoms with van der Waals surface area (Å²) in [6.07, 6.45) is 2.81. The van der Waals surface area contributed by atoms with Gasteiger partial charge in [0, 0.05) is 7.11 Å². The van der Waals surface area contributed by atoms with Gasteiger partial charge in [0.05, 0.1) is 18.6 Å². The Morgan fingerprint density at radius 1 is 1.37 bits per heavy atom. The van der Waals surface area contributed by atoms with Crippen molar-refractivity contribution >= 4 is 12.1 Å². The Kier molecular flexibility index (Phi) is 5.52. The van der Waals surface area contributed by atoms with Crippen LogP contribution in [0.25, 0.3) is 0 Å². The normalized spacial score (nSPS) is 39.6. The largest absolute Gasteiger partial charge is 0.480 e. The average molecular weight is 383 g/mol. The number of nitrogens with one attached hydrogen (secondary N) is 1. The van der Waals surface area contributed by atoms with Crippen molar-refractivity contribution in [1.29, 1.82) is 0 Å². The third kappa shape index (κ3) is 4.12. The number of epoxide rings is 2. The summed E-state index contributed by atoms with van der Waals surface area (Å²) in [5, 5.41) is 10.9. The highest BCUT2D eigenvalue weighted by Gasteiger charge is 2.72. The van der Waals surface area contributed by atoms with E-state index in [9.17, 15) is 9.59 Å². The Morgan fingerprint density at radius 2 is 2.07 bits per heavy atom. The molecule has 2 aliphatic heterocycles. The first-order valence-electron chi connectivity index (χ1n) is 9.36. The first-order valence-corrected chi connectivity index (χ1v) is 9.36. The second-order valence-electron chi connectivity index (χ2n) is 8.07. The van der Waals surface area contributed by atoms with Crippen LogP contribution in [0.4, 0.5) is 4.79 Å². The van der Waals surface area contributed by atoms with Gasteiger partial charge in [-0.25, -0.2) is 4.79 Å². The van der Waals surface area contributed by atoms with Crippen LogP contribution in [0.1, 0.15) is 40.0 Å². The van der Waals surface area contributed by atoms with Gasteiger partial charge in [-0.1, -0.05) is 11.6 Å².